The van der Waals surface area contributed by atoms with Gasteiger partial charge in [0.25, 0.3) is 0 Å². The van der Waals surface area contributed by atoms with Crippen LogP contribution < -0.4 is 0 Å². The highest BCUT2D eigenvalue weighted by molar-refractivity contribution is 5.39. The van der Waals surface area contributed by atoms with Crippen LogP contribution >= 0.6 is 0 Å². The largest absolute Gasteiger partial charge is 0.507 e. The molecule has 0 saturated carbocycles. The minimum Gasteiger partial charge on any atom is -0.507 e. The topological polar surface area (TPSA) is 58.3 Å². The number of benzene rings is 1. The predicted octanol–water partition coefficient (Wildman–Crippen LogP) is 2.00. The molecule has 0 spiro atoms. The van der Waals surface area contributed by atoms with Crippen molar-refractivity contribution < 1.29 is 10.2 Å². The van der Waals surface area contributed by atoms with Gasteiger partial charge in [0.1, 0.15) is 17.7 Å². The first kappa shape index (κ1) is 11.7. The third kappa shape index (κ3) is 2.31. The van der Waals surface area contributed by atoms with Crippen molar-refractivity contribution in [2.24, 2.45) is 0 Å². The van der Waals surface area contributed by atoms with Crippen molar-refractivity contribution >= 4 is 0 Å². The van der Waals surface area contributed by atoms with Crippen molar-refractivity contribution in [2.75, 3.05) is 0 Å². The zero-order chi connectivity index (χ0) is 12.4. The molecule has 0 fully saturated rings. The van der Waals surface area contributed by atoms with Gasteiger partial charge in [0.2, 0.25) is 0 Å². The van der Waals surface area contributed by atoms with Gasteiger partial charge in [-0.1, -0.05) is 18.2 Å². The minimum atomic E-state index is -0.614. The van der Waals surface area contributed by atoms with E-state index >= 15 is 0 Å². The average molecular weight is 232 g/mol. The lowest BCUT2D eigenvalue weighted by atomic mass is 10.1. The molecular weight excluding hydrogens is 216 g/mol. The van der Waals surface area contributed by atoms with E-state index in [1.807, 2.05) is 29.7 Å². The molecule has 1 unspecified atom stereocenters. The van der Waals surface area contributed by atoms with Crippen molar-refractivity contribution in [3.63, 3.8) is 0 Å². The van der Waals surface area contributed by atoms with E-state index < -0.39 is 6.10 Å². The molecule has 2 N–H and O–H groups in total. The summed E-state index contributed by atoms with van der Waals surface area (Å²) >= 11 is 0. The molecule has 4 nitrogen and oxygen atoms in total. The van der Waals surface area contributed by atoms with Gasteiger partial charge < -0.3 is 14.8 Å². The van der Waals surface area contributed by atoms with Crippen LogP contribution in [0.3, 0.4) is 0 Å². The minimum absolute atomic E-state index is 0.303. The summed E-state index contributed by atoms with van der Waals surface area (Å²) in [5.74, 6) is 0.906. The predicted molar refractivity (Wildman–Crippen MR) is 64.8 cm³/mol. The van der Waals surface area contributed by atoms with E-state index in [0.29, 0.717) is 18.1 Å². The van der Waals surface area contributed by atoms with Crippen LogP contribution in [0.4, 0.5) is 0 Å². The molecule has 0 aliphatic carbocycles. The van der Waals surface area contributed by atoms with Crippen LogP contribution in [0.5, 0.6) is 5.75 Å². The second-order valence-electron chi connectivity index (χ2n) is 4.17. The van der Waals surface area contributed by atoms with Crippen LogP contribution in [0.15, 0.2) is 30.6 Å². The van der Waals surface area contributed by atoms with Gasteiger partial charge in [0, 0.05) is 18.0 Å². The smallest absolute Gasteiger partial charge is 0.137 e. The summed E-state index contributed by atoms with van der Waals surface area (Å²) in [5, 5.41) is 19.5. The molecule has 0 bridgehead atoms. The molecule has 1 heterocycles. The zero-order valence-electron chi connectivity index (χ0n) is 9.96. The molecule has 0 aliphatic heterocycles. The van der Waals surface area contributed by atoms with Crippen LogP contribution in [0.1, 0.15) is 30.0 Å². The third-order valence-corrected chi connectivity index (χ3v) is 2.78. The summed E-state index contributed by atoms with van der Waals surface area (Å²) in [6.45, 7) is 4.05. The van der Waals surface area contributed by atoms with Crippen molar-refractivity contribution in [1.82, 2.24) is 9.55 Å². The van der Waals surface area contributed by atoms with Crippen LogP contribution in [0.2, 0.25) is 0 Å². The lowest BCUT2D eigenvalue weighted by Crippen LogP contribution is -2.07. The Kier molecular flexibility index (Phi) is 3.15. The summed E-state index contributed by atoms with van der Waals surface area (Å²) in [7, 11) is 0. The molecule has 0 amide bonds. The summed E-state index contributed by atoms with van der Waals surface area (Å²) in [6, 6.07) is 5.64. The number of nitrogens with zero attached hydrogens (tertiary/aromatic N) is 2. The summed E-state index contributed by atoms with van der Waals surface area (Å²) < 4.78 is 1.83. The summed E-state index contributed by atoms with van der Waals surface area (Å²) in [4.78, 5) is 4.10. The van der Waals surface area contributed by atoms with E-state index in [4.69, 9.17) is 0 Å². The maximum atomic E-state index is 9.93. The molecule has 0 radical (unpaired) electrons. The van der Waals surface area contributed by atoms with E-state index in [9.17, 15) is 10.2 Å². The second-order valence-corrected chi connectivity index (χ2v) is 4.17. The van der Waals surface area contributed by atoms with Crippen molar-refractivity contribution in [2.45, 2.75) is 26.5 Å². The average Bonchev–Trinajstić information content (AvgIpc) is 2.73. The lowest BCUT2D eigenvalue weighted by Gasteiger charge is -2.11. The number of para-hydroxylation sites is 1. The number of hydrogen-bond acceptors (Lipinski definition) is 3. The Hall–Kier alpha value is -1.81. The Balaban J connectivity index is 2.32. The number of phenolic OH excluding ortho intramolecular Hbond substituents is 1. The molecule has 90 valence electrons. The Morgan fingerprint density at radius 2 is 2.18 bits per heavy atom. The first-order valence-electron chi connectivity index (χ1n) is 5.56. The number of aryl methyl sites for hydroxylation is 1. The Morgan fingerprint density at radius 3 is 2.88 bits per heavy atom. The molecule has 2 rings (SSSR count). The van der Waals surface area contributed by atoms with Crippen LogP contribution in [0, 0.1) is 6.92 Å². The number of hydrogen-bond donors (Lipinski definition) is 2. The van der Waals surface area contributed by atoms with Crippen LogP contribution in [-0.4, -0.2) is 19.8 Å². The van der Waals surface area contributed by atoms with Gasteiger partial charge >= 0.3 is 0 Å². The van der Waals surface area contributed by atoms with Crippen molar-refractivity contribution in [1.29, 1.82) is 0 Å². The number of phenols is 1. The molecule has 1 aromatic heterocycles. The van der Waals surface area contributed by atoms with Gasteiger partial charge in [0.05, 0.1) is 6.54 Å². The second kappa shape index (κ2) is 4.59. The Bertz CT molecular complexity index is 518. The molecule has 2 aromatic rings. The highest BCUT2D eigenvalue weighted by atomic mass is 16.3. The number of aliphatic hydroxyl groups is 1. The fourth-order valence-corrected chi connectivity index (χ4v) is 1.85. The van der Waals surface area contributed by atoms with Gasteiger partial charge in [-0.25, -0.2) is 4.98 Å². The fraction of sp³-hybridized carbons (Fsp3) is 0.308. The van der Waals surface area contributed by atoms with Crippen molar-refractivity contribution in [3.8, 4) is 5.75 Å². The van der Waals surface area contributed by atoms with Crippen molar-refractivity contribution in [3.05, 3.63) is 47.5 Å². The highest BCUT2D eigenvalue weighted by Crippen LogP contribution is 2.23. The third-order valence-electron chi connectivity index (χ3n) is 2.78. The maximum absolute atomic E-state index is 9.93. The number of aromatic nitrogens is 2. The molecule has 17 heavy (non-hydrogen) atoms. The number of aromatic hydroxyl groups is 1. The quantitative estimate of drug-likeness (QED) is 0.851. The molecule has 0 saturated heterocycles. The first-order chi connectivity index (χ1) is 8.09. The van der Waals surface area contributed by atoms with Gasteiger partial charge in [-0.2, -0.15) is 0 Å². The zero-order valence-corrected chi connectivity index (χ0v) is 9.96. The molecular formula is C13H16N2O2. The summed E-state index contributed by atoms with van der Waals surface area (Å²) in [5.41, 5.74) is 1.67. The number of aliphatic hydroxyl groups excluding tert-OH is 1. The van der Waals surface area contributed by atoms with E-state index in [2.05, 4.69) is 4.98 Å². The van der Waals surface area contributed by atoms with E-state index in [1.165, 1.54) is 0 Å². The van der Waals surface area contributed by atoms with Gasteiger partial charge in [0.15, 0.2) is 0 Å². The van der Waals surface area contributed by atoms with Crippen LogP contribution in [-0.2, 0) is 6.54 Å². The molecule has 0 aliphatic rings. The van der Waals surface area contributed by atoms with Gasteiger partial charge in [-0.3, -0.25) is 0 Å². The molecule has 1 aromatic carbocycles. The SMILES string of the molecule is Cc1cccc(Cn2ccnc2C(C)O)c1O. The van der Waals surface area contributed by atoms with E-state index in [-0.39, 0.29) is 0 Å². The monoisotopic (exact) mass is 232 g/mol. The van der Waals surface area contributed by atoms with E-state index in [0.717, 1.165) is 11.1 Å². The van der Waals surface area contributed by atoms with Crippen LogP contribution in [0.25, 0.3) is 0 Å². The molecule has 4 heteroatoms. The summed E-state index contributed by atoms with van der Waals surface area (Å²) in [6.07, 6.45) is 2.83. The standard InChI is InChI=1S/C13H16N2O2/c1-9-4-3-5-11(12(9)17)8-15-7-6-14-13(15)10(2)16/h3-7,10,16-17H,8H2,1-2H3. The Labute approximate surface area is 100 Å². The van der Waals surface area contributed by atoms with E-state index in [1.54, 1.807) is 19.3 Å². The highest BCUT2D eigenvalue weighted by Gasteiger charge is 2.11. The first-order valence-corrected chi connectivity index (χ1v) is 5.56. The van der Waals surface area contributed by atoms with Gasteiger partial charge in [-0.05, 0) is 19.4 Å². The maximum Gasteiger partial charge on any atom is 0.137 e. The lowest BCUT2D eigenvalue weighted by molar-refractivity contribution is 0.184. The fourth-order valence-electron chi connectivity index (χ4n) is 1.85. The van der Waals surface area contributed by atoms with Gasteiger partial charge in [-0.15, -0.1) is 0 Å². The molecule has 1 atom stereocenters. The number of imidazole rings is 1. The number of rotatable bonds is 3. The Morgan fingerprint density at radius 1 is 1.41 bits per heavy atom. The normalized spacial score (nSPS) is 12.6.